The highest BCUT2D eigenvalue weighted by atomic mass is 35.5. The van der Waals surface area contributed by atoms with Gasteiger partial charge in [-0.2, -0.15) is 0 Å². The first-order valence-corrected chi connectivity index (χ1v) is 9.79. The zero-order valence-corrected chi connectivity index (χ0v) is 15.3. The number of aliphatic carboxylic acids is 1. The van der Waals surface area contributed by atoms with E-state index in [4.69, 9.17) is 11.6 Å². The maximum absolute atomic E-state index is 12.5. The largest absolute Gasteiger partial charge is 0.480 e. The molecule has 5 nitrogen and oxygen atoms in total. The highest BCUT2D eigenvalue weighted by Crippen LogP contribution is 2.42. The van der Waals surface area contributed by atoms with E-state index in [2.05, 4.69) is 0 Å². The average molecular weight is 388 g/mol. The first-order valence-electron chi connectivity index (χ1n) is 7.86. The van der Waals surface area contributed by atoms with E-state index in [9.17, 15) is 18.3 Å². The van der Waals surface area contributed by atoms with Gasteiger partial charge in [-0.05, 0) is 31.2 Å². The summed E-state index contributed by atoms with van der Waals surface area (Å²) in [5.74, 6) is -0.972. The molecule has 1 aromatic heterocycles. The average Bonchev–Trinajstić information content (AvgIpc) is 2.99. The second-order valence-electron chi connectivity index (χ2n) is 6.17. The molecule has 1 aliphatic rings. The fourth-order valence-corrected chi connectivity index (χ4v) is 5.15. The third kappa shape index (κ3) is 2.45. The predicted octanol–water partition coefficient (Wildman–Crippen LogP) is 3.86. The topological polar surface area (TPSA) is 76.4 Å². The molecule has 3 aromatic rings. The Morgan fingerprint density at radius 3 is 2.65 bits per heavy atom. The molecule has 1 aliphatic heterocycles. The number of carbonyl (C=O) groups is 1. The number of carboxylic acids is 1. The molecule has 132 valence electrons. The summed E-state index contributed by atoms with van der Waals surface area (Å²) in [6.45, 7) is 1.58. The van der Waals surface area contributed by atoms with E-state index in [1.807, 2.05) is 0 Å². The maximum atomic E-state index is 12.5. The Bertz CT molecular complexity index is 1220. The quantitative estimate of drug-likeness (QED) is 0.740. The van der Waals surface area contributed by atoms with Gasteiger partial charge in [0.2, 0.25) is 9.84 Å². The number of halogens is 1. The van der Waals surface area contributed by atoms with Crippen LogP contribution < -0.4 is 0 Å². The summed E-state index contributed by atoms with van der Waals surface area (Å²) < 4.78 is 26.7. The first kappa shape index (κ1) is 16.9. The maximum Gasteiger partial charge on any atom is 0.323 e. The van der Waals surface area contributed by atoms with Crippen LogP contribution in [0.15, 0.2) is 52.8 Å². The summed E-state index contributed by atoms with van der Waals surface area (Å²) in [5, 5.41) is 11.8. The zero-order valence-electron chi connectivity index (χ0n) is 13.7. The molecule has 7 heteroatoms. The first-order chi connectivity index (χ1) is 12.3. The van der Waals surface area contributed by atoms with Crippen LogP contribution in [0.4, 0.5) is 0 Å². The van der Waals surface area contributed by atoms with E-state index in [1.54, 1.807) is 54.0 Å². The Morgan fingerprint density at radius 2 is 1.92 bits per heavy atom. The van der Waals surface area contributed by atoms with E-state index >= 15 is 0 Å². The van der Waals surface area contributed by atoms with Crippen molar-refractivity contribution in [3.8, 4) is 0 Å². The minimum Gasteiger partial charge on any atom is -0.480 e. The predicted molar refractivity (Wildman–Crippen MR) is 100 cm³/mol. The number of fused-ring (bicyclic) bond motifs is 2. The lowest BCUT2D eigenvalue weighted by molar-refractivity contribution is -0.137. The normalized spacial score (nSPS) is 15.1. The van der Waals surface area contributed by atoms with E-state index < -0.39 is 15.8 Å². The summed E-state index contributed by atoms with van der Waals surface area (Å²) in [6, 6.07) is 12.0. The number of sulfone groups is 1. The monoisotopic (exact) mass is 387 g/mol. The number of benzene rings is 2. The molecule has 1 N–H and O–H groups in total. The van der Waals surface area contributed by atoms with Crippen LogP contribution in [-0.2, 0) is 21.2 Å². The third-order valence-electron chi connectivity index (χ3n) is 4.60. The Kier molecular flexibility index (Phi) is 3.71. The van der Waals surface area contributed by atoms with Gasteiger partial charge in [-0.1, -0.05) is 29.8 Å². The van der Waals surface area contributed by atoms with Gasteiger partial charge in [-0.15, -0.1) is 0 Å². The van der Waals surface area contributed by atoms with Gasteiger partial charge in [-0.3, -0.25) is 4.79 Å². The Labute approximate surface area is 155 Å². The highest BCUT2D eigenvalue weighted by molar-refractivity contribution is 7.95. The number of carboxylic acid groups (broad SMARTS) is 1. The van der Waals surface area contributed by atoms with E-state index in [0.717, 1.165) is 5.39 Å². The molecule has 2 heterocycles. The number of aromatic nitrogens is 1. The lowest BCUT2D eigenvalue weighted by Gasteiger charge is -2.07. The number of rotatable bonds is 3. The summed E-state index contributed by atoms with van der Waals surface area (Å²) in [5.41, 5.74) is 3.26. The van der Waals surface area contributed by atoms with Gasteiger partial charge in [-0.25, -0.2) is 8.42 Å². The standard InChI is InChI=1S/C19H14ClNO4S/c1-11-19(15-10-26(24,25)17-5-3-2-4-13(15)17)14-8-12(20)6-7-16(14)21(11)9-18(22)23/h2-8,10H,9H2,1H3,(H,22,23). The van der Waals surface area contributed by atoms with Gasteiger partial charge in [0.25, 0.3) is 0 Å². The van der Waals surface area contributed by atoms with Crippen molar-refractivity contribution in [1.29, 1.82) is 0 Å². The molecule has 0 spiro atoms. The molecule has 4 rings (SSSR count). The second-order valence-corrected chi connectivity index (χ2v) is 8.38. The smallest absolute Gasteiger partial charge is 0.323 e. The van der Waals surface area contributed by atoms with Gasteiger partial charge in [0.15, 0.2) is 0 Å². The molecule has 0 bridgehead atoms. The van der Waals surface area contributed by atoms with Gasteiger partial charge >= 0.3 is 5.97 Å². The van der Waals surface area contributed by atoms with Crippen molar-refractivity contribution in [2.75, 3.05) is 0 Å². The van der Waals surface area contributed by atoms with Gasteiger partial charge in [0.1, 0.15) is 6.54 Å². The zero-order chi connectivity index (χ0) is 18.6. The van der Waals surface area contributed by atoms with Crippen LogP contribution in [0.1, 0.15) is 16.8 Å². The lowest BCUT2D eigenvalue weighted by atomic mass is 9.97. The number of hydrogen-bond donors (Lipinski definition) is 1. The van der Waals surface area contributed by atoms with Gasteiger partial charge in [0, 0.05) is 43.7 Å². The second kappa shape index (κ2) is 5.72. The molecule has 0 saturated carbocycles. The SMILES string of the molecule is Cc1c(C2=CS(=O)(=O)c3ccccc32)c2cc(Cl)ccc2n1CC(=O)O. The van der Waals surface area contributed by atoms with E-state index in [1.165, 1.54) is 5.41 Å². The Balaban J connectivity index is 2.09. The molecule has 0 radical (unpaired) electrons. The fourth-order valence-electron chi connectivity index (χ4n) is 3.55. The van der Waals surface area contributed by atoms with Crippen molar-refractivity contribution < 1.29 is 18.3 Å². The molecule has 0 unspecified atom stereocenters. The van der Waals surface area contributed by atoms with Crippen molar-refractivity contribution in [3.05, 3.63) is 69.7 Å². The molecule has 0 fully saturated rings. The van der Waals surface area contributed by atoms with Crippen LogP contribution in [0.5, 0.6) is 0 Å². The summed E-state index contributed by atoms with van der Waals surface area (Å²) >= 11 is 6.16. The van der Waals surface area contributed by atoms with Crippen molar-refractivity contribution in [2.45, 2.75) is 18.4 Å². The van der Waals surface area contributed by atoms with Crippen molar-refractivity contribution in [2.24, 2.45) is 0 Å². The highest BCUT2D eigenvalue weighted by Gasteiger charge is 2.30. The van der Waals surface area contributed by atoms with Gasteiger partial charge < -0.3 is 9.67 Å². The number of nitrogens with zero attached hydrogens (tertiary/aromatic N) is 1. The summed E-state index contributed by atoms with van der Waals surface area (Å²) in [6.07, 6.45) is 0. The van der Waals surface area contributed by atoms with Gasteiger partial charge in [0.05, 0.1) is 4.90 Å². The molecule has 0 amide bonds. The van der Waals surface area contributed by atoms with Crippen LogP contribution in [0.3, 0.4) is 0 Å². The van der Waals surface area contributed by atoms with Crippen LogP contribution in [0.2, 0.25) is 5.02 Å². The van der Waals surface area contributed by atoms with Crippen LogP contribution >= 0.6 is 11.6 Å². The summed E-state index contributed by atoms with van der Waals surface area (Å²) in [7, 11) is -3.53. The minimum absolute atomic E-state index is 0.217. The summed E-state index contributed by atoms with van der Waals surface area (Å²) in [4.78, 5) is 11.6. The third-order valence-corrected chi connectivity index (χ3v) is 6.36. The molecular formula is C19H14ClNO4S. The molecule has 26 heavy (non-hydrogen) atoms. The molecule has 0 saturated heterocycles. The molecular weight excluding hydrogens is 374 g/mol. The van der Waals surface area contributed by atoms with Crippen LogP contribution in [0, 0.1) is 6.92 Å². The van der Waals surface area contributed by atoms with Crippen LogP contribution in [-0.4, -0.2) is 24.1 Å². The number of hydrogen-bond acceptors (Lipinski definition) is 3. The Hall–Kier alpha value is -2.57. The Morgan fingerprint density at radius 1 is 1.19 bits per heavy atom. The molecule has 2 aromatic carbocycles. The molecule has 0 aliphatic carbocycles. The minimum atomic E-state index is -3.53. The van der Waals surface area contributed by atoms with Crippen LogP contribution in [0.25, 0.3) is 16.5 Å². The lowest BCUT2D eigenvalue weighted by Crippen LogP contribution is -2.10. The van der Waals surface area contributed by atoms with Crippen molar-refractivity contribution >= 4 is 43.9 Å². The fraction of sp³-hybridized carbons (Fsp3) is 0.105. The van der Waals surface area contributed by atoms with E-state index in [0.29, 0.717) is 32.9 Å². The van der Waals surface area contributed by atoms with E-state index in [-0.39, 0.29) is 11.4 Å². The molecule has 0 atom stereocenters. The van der Waals surface area contributed by atoms with Crippen molar-refractivity contribution in [3.63, 3.8) is 0 Å². The van der Waals surface area contributed by atoms with Crippen molar-refractivity contribution in [1.82, 2.24) is 4.57 Å².